The molecule has 1 aliphatic heterocycles. The SMILES string of the molecule is C=C1Cc2ccccc2Sc2c1cccc2-c1cc(-c2ccc3c4ccccc4c4ccccc4c3c2)cc(-c2cnccn2)c1. The van der Waals surface area contributed by atoms with E-state index in [4.69, 9.17) is 4.98 Å². The van der Waals surface area contributed by atoms with E-state index in [1.165, 1.54) is 64.4 Å². The predicted octanol–water partition coefficient (Wildman–Crippen LogP) is 11.7. The average Bonchev–Trinajstić information content (AvgIpc) is 3.27. The van der Waals surface area contributed by atoms with Crippen LogP contribution in [-0.2, 0) is 6.42 Å². The number of benzene rings is 7. The molecule has 46 heavy (non-hydrogen) atoms. The van der Waals surface area contributed by atoms with Gasteiger partial charge < -0.3 is 0 Å². The zero-order valence-electron chi connectivity index (χ0n) is 25.1. The van der Waals surface area contributed by atoms with Crippen molar-refractivity contribution in [3.05, 3.63) is 164 Å². The van der Waals surface area contributed by atoms with E-state index < -0.39 is 0 Å². The molecule has 0 aliphatic carbocycles. The highest BCUT2D eigenvalue weighted by Gasteiger charge is 2.21. The molecule has 7 aromatic carbocycles. The van der Waals surface area contributed by atoms with Crippen LogP contribution < -0.4 is 0 Å². The molecule has 2 heterocycles. The molecule has 0 bridgehead atoms. The summed E-state index contributed by atoms with van der Waals surface area (Å²) in [5, 5.41) is 7.64. The Labute approximate surface area is 272 Å². The fourth-order valence-corrected chi connectivity index (χ4v) is 8.23. The third kappa shape index (κ3) is 4.43. The van der Waals surface area contributed by atoms with Crippen molar-refractivity contribution in [2.45, 2.75) is 16.2 Å². The molecule has 0 amide bonds. The van der Waals surface area contributed by atoms with Crippen molar-refractivity contribution in [1.82, 2.24) is 9.97 Å². The maximum atomic E-state index is 4.71. The summed E-state index contributed by atoms with van der Waals surface area (Å²) in [5.41, 5.74) is 10.2. The number of hydrogen-bond donors (Lipinski definition) is 0. The van der Waals surface area contributed by atoms with E-state index in [0.29, 0.717) is 0 Å². The smallest absolute Gasteiger partial charge is 0.0885 e. The summed E-state index contributed by atoms with van der Waals surface area (Å²) in [6.45, 7) is 4.52. The maximum absolute atomic E-state index is 4.71. The van der Waals surface area contributed by atoms with Crippen molar-refractivity contribution in [3.8, 4) is 33.5 Å². The lowest BCUT2D eigenvalue weighted by molar-refractivity contribution is 1.20. The summed E-state index contributed by atoms with van der Waals surface area (Å²) in [4.78, 5) is 11.6. The molecule has 0 saturated heterocycles. The highest BCUT2D eigenvalue weighted by molar-refractivity contribution is 7.99. The van der Waals surface area contributed by atoms with Gasteiger partial charge in [0.1, 0.15) is 0 Å². The van der Waals surface area contributed by atoms with Crippen LogP contribution in [0.2, 0.25) is 0 Å². The molecule has 2 nitrogen and oxygen atoms in total. The first kappa shape index (κ1) is 26.9. The third-order valence-electron chi connectivity index (χ3n) is 9.16. The molecule has 0 saturated carbocycles. The Bertz CT molecular complexity index is 2460. The lowest BCUT2D eigenvalue weighted by Crippen LogP contribution is -1.93. The van der Waals surface area contributed by atoms with Crippen LogP contribution in [-0.4, -0.2) is 9.97 Å². The van der Waals surface area contributed by atoms with Gasteiger partial charge in [0.2, 0.25) is 0 Å². The summed E-state index contributed by atoms with van der Waals surface area (Å²) in [7, 11) is 0. The predicted molar refractivity (Wildman–Crippen MR) is 194 cm³/mol. The van der Waals surface area contributed by atoms with Crippen LogP contribution in [0.15, 0.2) is 162 Å². The fourth-order valence-electron chi connectivity index (χ4n) is 6.97. The second-order valence-electron chi connectivity index (χ2n) is 11.9. The maximum Gasteiger partial charge on any atom is 0.0885 e. The number of aromatic nitrogens is 2. The van der Waals surface area contributed by atoms with E-state index in [0.717, 1.165) is 34.4 Å². The molecule has 0 fully saturated rings. The van der Waals surface area contributed by atoms with E-state index in [2.05, 4.69) is 139 Å². The van der Waals surface area contributed by atoms with Gasteiger partial charge in [-0.25, -0.2) is 0 Å². The van der Waals surface area contributed by atoms with Crippen LogP contribution in [0.25, 0.3) is 71.4 Å². The third-order valence-corrected chi connectivity index (χ3v) is 10.4. The topological polar surface area (TPSA) is 25.8 Å². The Balaban J connectivity index is 1.29. The van der Waals surface area contributed by atoms with Crippen LogP contribution in [0, 0.1) is 0 Å². The van der Waals surface area contributed by atoms with Crippen molar-refractivity contribution in [1.29, 1.82) is 0 Å². The number of allylic oxidation sites excluding steroid dienone is 1. The molecule has 0 atom stereocenters. The number of nitrogens with zero attached hydrogens (tertiary/aromatic N) is 2. The van der Waals surface area contributed by atoms with Crippen LogP contribution in [0.1, 0.15) is 11.1 Å². The fraction of sp³-hybridized carbons (Fsp3) is 0.0233. The molecule has 1 aromatic heterocycles. The van der Waals surface area contributed by atoms with Gasteiger partial charge in [0, 0.05) is 27.7 Å². The van der Waals surface area contributed by atoms with E-state index in [-0.39, 0.29) is 0 Å². The minimum atomic E-state index is 0.851. The normalized spacial score (nSPS) is 12.7. The number of fused-ring (bicyclic) bond motifs is 8. The quantitative estimate of drug-likeness (QED) is 0.188. The molecular formula is C43H28N2S. The summed E-state index contributed by atoms with van der Waals surface area (Å²) < 4.78 is 0. The molecule has 0 N–H and O–H groups in total. The summed E-state index contributed by atoms with van der Waals surface area (Å²) in [6, 6.07) is 46.6. The average molecular weight is 605 g/mol. The Morgan fingerprint density at radius 3 is 1.93 bits per heavy atom. The first-order valence-corrected chi connectivity index (χ1v) is 16.4. The summed E-state index contributed by atoms with van der Waals surface area (Å²) >= 11 is 1.85. The zero-order valence-corrected chi connectivity index (χ0v) is 25.9. The van der Waals surface area contributed by atoms with Gasteiger partial charge in [-0.05, 0) is 108 Å². The molecule has 1 aliphatic rings. The second-order valence-corrected chi connectivity index (χ2v) is 13.0. The molecule has 0 unspecified atom stereocenters. The Hall–Kier alpha value is -5.51. The van der Waals surface area contributed by atoms with E-state index in [1.54, 1.807) is 12.4 Å². The molecule has 0 radical (unpaired) electrons. The van der Waals surface area contributed by atoms with Crippen molar-refractivity contribution < 1.29 is 0 Å². The minimum Gasteiger partial charge on any atom is -0.261 e. The Kier molecular flexibility index (Phi) is 6.32. The first-order chi connectivity index (χ1) is 22.7. The van der Waals surface area contributed by atoms with Crippen LogP contribution in [0.3, 0.4) is 0 Å². The van der Waals surface area contributed by atoms with Crippen molar-refractivity contribution >= 4 is 49.7 Å². The van der Waals surface area contributed by atoms with Crippen LogP contribution >= 0.6 is 11.8 Å². The van der Waals surface area contributed by atoms with Gasteiger partial charge in [-0.1, -0.05) is 115 Å². The highest BCUT2D eigenvalue weighted by atomic mass is 32.2. The van der Waals surface area contributed by atoms with E-state index in [1.807, 2.05) is 18.0 Å². The first-order valence-electron chi connectivity index (χ1n) is 15.5. The zero-order chi connectivity index (χ0) is 30.6. The van der Waals surface area contributed by atoms with Gasteiger partial charge in [0.15, 0.2) is 0 Å². The van der Waals surface area contributed by atoms with Gasteiger partial charge in [0.05, 0.1) is 11.9 Å². The lowest BCUT2D eigenvalue weighted by atomic mass is 9.90. The Morgan fingerprint density at radius 1 is 0.522 bits per heavy atom. The standard InChI is InChI=1S/C43H28N2S/c1-27-21-29-9-2-7-16-42(29)46-43-33(27)14-8-15-34(43)31-22-30(23-32(24-31)41-26-44-19-20-45-41)28-17-18-39-37-12-4-3-10-35(37)36-11-5-6-13-38(36)40(39)25-28/h2-20,22-26H,1,21H2. The van der Waals surface area contributed by atoms with Crippen LogP contribution in [0.5, 0.6) is 0 Å². The number of hydrogen-bond acceptors (Lipinski definition) is 3. The highest BCUT2D eigenvalue weighted by Crippen LogP contribution is 2.47. The van der Waals surface area contributed by atoms with Crippen molar-refractivity contribution in [3.63, 3.8) is 0 Å². The largest absolute Gasteiger partial charge is 0.261 e. The Morgan fingerprint density at radius 2 is 1.17 bits per heavy atom. The van der Waals surface area contributed by atoms with Gasteiger partial charge in [-0.3, -0.25) is 9.97 Å². The van der Waals surface area contributed by atoms with Gasteiger partial charge in [-0.15, -0.1) is 0 Å². The van der Waals surface area contributed by atoms with Gasteiger partial charge in [-0.2, -0.15) is 0 Å². The molecule has 0 spiro atoms. The molecule has 9 rings (SSSR count). The molecule has 8 aromatic rings. The van der Waals surface area contributed by atoms with E-state index >= 15 is 0 Å². The minimum absolute atomic E-state index is 0.851. The van der Waals surface area contributed by atoms with Crippen molar-refractivity contribution in [2.24, 2.45) is 0 Å². The van der Waals surface area contributed by atoms with Crippen LogP contribution in [0.4, 0.5) is 0 Å². The molecular weight excluding hydrogens is 577 g/mol. The number of rotatable bonds is 3. The van der Waals surface area contributed by atoms with Gasteiger partial charge >= 0.3 is 0 Å². The summed E-state index contributed by atoms with van der Waals surface area (Å²) in [5.74, 6) is 0. The molecule has 3 heteroatoms. The molecule has 216 valence electrons. The lowest BCUT2D eigenvalue weighted by Gasteiger charge is -2.16. The monoisotopic (exact) mass is 604 g/mol. The summed E-state index contributed by atoms with van der Waals surface area (Å²) in [6.07, 6.45) is 6.19. The van der Waals surface area contributed by atoms with Gasteiger partial charge in [0.25, 0.3) is 0 Å². The van der Waals surface area contributed by atoms with Crippen molar-refractivity contribution in [2.75, 3.05) is 0 Å². The second kappa shape index (κ2) is 10.8. The van der Waals surface area contributed by atoms with E-state index in [9.17, 15) is 0 Å².